The third-order valence-electron chi connectivity index (χ3n) is 5.17. The van der Waals surface area contributed by atoms with Gasteiger partial charge in [0, 0.05) is 30.6 Å². The zero-order chi connectivity index (χ0) is 19.2. The van der Waals surface area contributed by atoms with Gasteiger partial charge in [-0.05, 0) is 12.1 Å². The van der Waals surface area contributed by atoms with E-state index in [9.17, 15) is 9.59 Å². The lowest BCUT2D eigenvalue weighted by molar-refractivity contribution is -0.892. The summed E-state index contributed by atoms with van der Waals surface area (Å²) in [6.45, 7) is 5.33. The number of esters is 1. The number of piperazine rings is 1. The summed E-state index contributed by atoms with van der Waals surface area (Å²) in [5, 5.41) is -0.257. The highest BCUT2D eigenvalue weighted by atomic mass is 32.2. The normalized spacial score (nSPS) is 21.0. The molecule has 3 rings (SSSR count). The summed E-state index contributed by atoms with van der Waals surface area (Å²) in [6.07, 6.45) is 0. The zero-order valence-corrected chi connectivity index (χ0v) is 16.8. The van der Waals surface area contributed by atoms with Crippen molar-refractivity contribution in [3.8, 4) is 5.75 Å². The van der Waals surface area contributed by atoms with Gasteiger partial charge in [0.25, 0.3) is 5.91 Å². The molecule has 2 heterocycles. The van der Waals surface area contributed by atoms with Gasteiger partial charge in [0.1, 0.15) is 11.0 Å². The lowest BCUT2D eigenvalue weighted by atomic mass is 10.2. The maximum absolute atomic E-state index is 12.7. The van der Waals surface area contributed by atoms with E-state index >= 15 is 0 Å². The minimum Gasteiger partial charge on any atom is -0.497 e. The van der Waals surface area contributed by atoms with E-state index in [1.807, 2.05) is 17.0 Å². The number of carbonyl (C=O) groups is 2. The predicted molar refractivity (Wildman–Crippen MR) is 106 cm³/mol. The number of nitrogens with zero attached hydrogens (tertiary/aromatic N) is 2. The Labute approximate surface area is 164 Å². The molecule has 1 aromatic carbocycles. The molecule has 0 bridgehead atoms. The fraction of sp³-hybridized carbons (Fsp3) is 0.579. The lowest BCUT2D eigenvalue weighted by Crippen LogP contribution is -3.16. The number of rotatable bonds is 5. The molecule has 0 aromatic heterocycles. The Morgan fingerprint density at radius 1 is 1.22 bits per heavy atom. The molecular weight excluding hydrogens is 366 g/mol. The van der Waals surface area contributed by atoms with Crippen LogP contribution in [0.3, 0.4) is 0 Å². The van der Waals surface area contributed by atoms with Gasteiger partial charge in [-0.1, -0.05) is 6.07 Å². The van der Waals surface area contributed by atoms with E-state index in [0.29, 0.717) is 19.6 Å². The molecule has 2 aliphatic heterocycles. The van der Waals surface area contributed by atoms with Crippen molar-refractivity contribution in [1.29, 1.82) is 0 Å². The number of methoxy groups -OCH3 is 2. The minimum absolute atomic E-state index is 0.133. The summed E-state index contributed by atoms with van der Waals surface area (Å²) in [5.41, 5.74) is 1.16. The molecule has 0 spiro atoms. The van der Waals surface area contributed by atoms with E-state index in [1.54, 1.807) is 18.9 Å². The average Bonchev–Trinajstić information content (AvgIpc) is 2.73. The first-order valence-corrected chi connectivity index (χ1v) is 10.4. The number of benzene rings is 1. The second-order valence-electron chi connectivity index (χ2n) is 6.84. The molecule has 2 fully saturated rings. The molecule has 148 valence electrons. The molecule has 1 N–H and O–H groups in total. The SMILES string of the molecule is COC(=O)[C@@H]1CN(C(=O)C[NH+]2CCN(c3cccc(OC)c3)CC2)CCS1. The molecule has 0 aliphatic carbocycles. The number of hydrogen-bond acceptors (Lipinski definition) is 6. The van der Waals surface area contributed by atoms with Crippen LogP contribution in [-0.4, -0.2) is 87.8 Å². The third kappa shape index (κ3) is 5.07. The van der Waals surface area contributed by atoms with Gasteiger partial charge in [-0.2, -0.15) is 0 Å². The summed E-state index contributed by atoms with van der Waals surface area (Å²) in [5.74, 6) is 1.54. The van der Waals surface area contributed by atoms with Crippen LogP contribution in [0.15, 0.2) is 24.3 Å². The van der Waals surface area contributed by atoms with E-state index in [0.717, 1.165) is 43.4 Å². The van der Waals surface area contributed by atoms with Gasteiger partial charge in [-0.15, -0.1) is 11.8 Å². The highest BCUT2D eigenvalue weighted by Crippen LogP contribution is 2.21. The van der Waals surface area contributed by atoms with Crippen LogP contribution in [0.1, 0.15) is 0 Å². The Kier molecular flexibility index (Phi) is 6.84. The molecule has 2 saturated heterocycles. The van der Waals surface area contributed by atoms with Crippen molar-refractivity contribution in [3.05, 3.63) is 24.3 Å². The van der Waals surface area contributed by atoms with Crippen molar-refractivity contribution < 1.29 is 24.0 Å². The first kappa shape index (κ1) is 19.8. The maximum Gasteiger partial charge on any atom is 0.320 e. The molecule has 0 radical (unpaired) electrons. The van der Waals surface area contributed by atoms with E-state index in [2.05, 4.69) is 17.0 Å². The molecule has 1 atom stereocenters. The van der Waals surface area contributed by atoms with E-state index in [-0.39, 0.29) is 17.1 Å². The number of quaternary nitrogens is 1. The first-order valence-electron chi connectivity index (χ1n) is 9.30. The third-order valence-corrected chi connectivity index (χ3v) is 6.34. The molecule has 7 nitrogen and oxygen atoms in total. The van der Waals surface area contributed by atoms with Crippen LogP contribution in [-0.2, 0) is 14.3 Å². The number of thioether (sulfide) groups is 1. The van der Waals surface area contributed by atoms with Crippen molar-refractivity contribution in [2.24, 2.45) is 0 Å². The van der Waals surface area contributed by atoms with Crippen molar-refractivity contribution in [2.75, 3.05) is 70.7 Å². The quantitative estimate of drug-likeness (QED) is 0.681. The molecule has 8 heteroatoms. The van der Waals surface area contributed by atoms with Crippen LogP contribution in [0.5, 0.6) is 5.75 Å². The maximum atomic E-state index is 12.7. The highest BCUT2D eigenvalue weighted by molar-refractivity contribution is 8.00. The van der Waals surface area contributed by atoms with Crippen molar-refractivity contribution in [1.82, 2.24) is 4.90 Å². The summed E-state index contributed by atoms with van der Waals surface area (Å²) in [4.78, 5) is 29.9. The molecule has 1 amide bonds. The Bertz CT molecular complexity index is 664. The predicted octanol–water partition coefficient (Wildman–Crippen LogP) is -0.483. The summed E-state index contributed by atoms with van der Waals surface area (Å²) in [6, 6.07) is 8.09. The largest absolute Gasteiger partial charge is 0.497 e. The van der Waals surface area contributed by atoms with Gasteiger partial charge < -0.3 is 24.2 Å². The van der Waals surface area contributed by atoms with Crippen LogP contribution >= 0.6 is 11.8 Å². The molecular formula is C19H28N3O4S+. The summed E-state index contributed by atoms with van der Waals surface area (Å²) >= 11 is 1.57. The number of hydrogen-bond donors (Lipinski definition) is 1. The average molecular weight is 395 g/mol. The van der Waals surface area contributed by atoms with Gasteiger partial charge in [0.15, 0.2) is 6.54 Å². The van der Waals surface area contributed by atoms with E-state index < -0.39 is 0 Å². The first-order chi connectivity index (χ1) is 13.1. The Balaban J connectivity index is 1.48. The smallest absolute Gasteiger partial charge is 0.320 e. The number of nitrogens with one attached hydrogen (secondary N) is 1. The van der Waals surface area contributed by atoms with Gasteiger partial charge in [0.2, 0.25) is 0 Å². The van der Waals surface area contributed by atoms with Crippen LogP contribution in [0.4, 0.5) is 5.69 Å². The van der Waals surface area contributed by atoms with E-state index in [4.69, 9.17) is 9.47 Å². The van der Waals surface area contributed by atoms with Crippen molar-refractivity contribution >= 4 is 29.3 Å². The summed E-state index contributed by atoms with van der Waals surface area (Å²) < 4.78 is 10.1. The summed E-state index contributed by atoms with van der Waals surface area (Å²) in [7, 11) is 3.08. The molecule has 1 aromatic rings. The van der Waals surface area contributed by atoms with Gasteiger partial charge in [-0.3, -0.25) is 9.59 Å². The number of amides is 1. The number of carbonyl (C=O) groups excluding carboxylic acids is 2. The number of ether oxygens (including phenoxy) is 2. The molecule has 2 aliphatic rings. The van der Waals surface area contributed by atoms with Crippen molar-refractivity contribution in [2.45, 2.75) is 5.25 Å². The van der Waals surface area contributed by atoms with Crippen LogP contribution in [0.2, 0.25) is 0 Å². The van der Waals surface area contributed by atoms with Crippen molar-refractivity contribution in [3.63, 3.8) is 0 Å². The topological polar surface area (TPSA) is 63.5 Å². The monoisotopic (exact) mass is 394 g/mol. The Hall–Kier alpha value is -1.93. The standard InChI is InChI=1S/C19H27N3O4S/c1-25-16-5-3-4-15(12-16)21-8-6-20(7-9-21)14-18(23)22-10-11-27-17(13-22)19(24)26-2/h3-5,12,17H,6-11,13-14H2,1-2H3/p+1/t17-/m0/s1. The van der Waals surface area contributed by atoms with Crippen LogP contribution < -0.4 is 14.5 Å². The Morgan fingerprint density at radius 2 is 2.00 bits per heavy atom. The fourth-order valence-corrected chi connectivity index (χ4v) is 4.67. The second-order valence-corrected chi connectivity index (χ2v) is 8.15. The molecule has 0 unspecified atom stereocenters. The van der Waals surface area contributed by atoms with Gasteiger partial charge in [-0.25, -0.2) is 0 Å². The minimum atomic E-state index is -0.257. The van der Waals surface area contributed by atoms with Gasteiger partial charge >= 0.3 is 5.97 Å². The molecule has 27 heavy (non-hydrogen) atoms. The Morgan fingerprint density at radius 3 is 2.70 bits per heavy atom. The van der Waals surface area contributed by atoms with Crippen LogP contribution in [0, 0.1) is 0 Å². The second kappa shape index (κ2) is 9.32. The fourth-order valence-electron chi connectivity index (χ4n) is 3.54. The lowest BCUT2D eigenvalue weighted by Gasteiger charge is -2.35. The highest BCUT2D eigenvalue weighted by Gasteiger charge is 2.32. The zero-order valence-electron chi connectivity index (χ0n) is 16.0. The van der Waals surface area contributed by atoms with E-state index in [1.165, 1.54) is 12.0 Å². The number of anilines is 1. The van der Waals surface area contributed by atoms with Gasteiger partial charge in [0.05, 0.1) is 40.4 Å². The van der Waals surface area contributed by atoms with Crippen LogP contribution in [0.25, 0.3) is 0 Å². The molecule has 0 saturated carbocycles.